The number of nitrogens with zero attached hydrogens (tertiary/aromatic N) is 2. The third kappa shape index (κ3) is 6.25. The van der Waals surface area contributed by atoms with E-state index >= 15 is 0 Å². The molecule has 0 saturated carbocycles. The fraction of sp³-hybridized carbons (Fsp3) is 0.267. The number of nitrogens with one attached hydrogen (secondary N) is 1. The molecule has 5 nitrogen and oxygen atoms in total. The monoisotopic (exact) mass is 367 g/mol. The van der Waals surface area contributed by atoms with Crippen molar-refractivity contribution in [1.82, 2.24) is 10.2 Å². The first kappa shape index (κ1) is 17.8. The van der Waals surface area contributed by atoms with E-state index in [0.717, 1.165) is 20.0 Å². The highest BCUT2D eigenvalue weighted by Gasteiger charge is 2.09. The second-order valence-corrected chi connectivity index (χ2v) is 8.07. The van der Waals surface area contributed by atoms with E-state index in [9.17, 15) is 4.79 Å². The number of carbonyl (C=O) groups excluding carboxylic acids is 1. The summed E-state index contributed by atoms with van der Waals surface area (Å²) in [5.41, 5.74) is 1.81. The molecule has 1 heterocycles. The molecule has 0 aliphatic heterocycles. The molecule has 0 bridgehead atoms. The SMILES string of the molecule is C=C(C)CSc1nnc(SCC(=O)Nc2cccc(OC)c2)s1. The maximum absolute atomic E-state index is 12.0. The van der Waals surface area contributed by atoms with E-state index in [1.165, 1.54) is 23.1 Å². The Morgan fingerprint density at radius 2 is 2.00 bits per heavy atom. The Labute approximate surface area is 147 Å². The first-order valence-corrected chi connectivity index (χ1v) is 9.53. The molecule has 8 heteroatoms. The molecule has 0 saturated heterocycles. The summed E-state index contributed by atoms with van der Waals surface area (Å²) >= 11 is 4.48. The molecule has 2 aromatic rings. The van der Waals surface area contributed by atoms with Crippen molar-refractivity contribution in [3.8, 4) is 5.75 Å². The molecule has 1 aromatic carbocycles. The molecule has 1 aromatic heterocycles. The van der Waals surface area contributed by atoms with Gasteiger partial charge in [0.05, 0.1) is 12.9 Å². The average Bonchev–Trinajstić information content (AvgIpc) is 2.99. The van der Waals surface area contributed by atoms with Crippen LogP contribution in [0.15, 0.2) is 45.1 Å². The van der Waals surface area contributed by atoms with Crippen LogP contribution in [0.2, 0.25) is 0 Å². The Morgan fingerprint density at radius 3 is 2.65 bits per heavy atom. The number of anilines is 1. The molecule has 0 spiro atoms. The molecule has 1 amide bonds. The van der Waals surface area contributed by atoms with Gasteiger partial charge in [0, 0.05) is 17.5 Å². The zero-order chi connectivity index (χ0) is 16.7. The number of aromatic nitrogens is 2. The highest BCUT2D eigenvalue weighted by Crippen LogP contribution is 2.29. The largest absolute Gasteiger partial charge is 0.497 e. The van der Waals surface area contributed by atoms with E-state index in [4.69, 9.17) is 4.74 Å². The zero-order valence-corrected chi connectivity index (χ0v) is 15.3. The van der Waals surface area contributed by atoms with Crippen LogP contribution in [0.1, 0.15) is 6.92 Å². The van der Waals surface area contributed by atoms with Gasteiger partial charge in [-0.05, 0) is 19.1 Å². The highest BCUT2D eigenvalue weighted by atomic mass is 32.2. The van der Waals surface area contributed by atoms with Gasteiger partial charge in [0.25, 0.3) is 0 Å². The number of carbonyl (C=O) groups is 1. The number of hydrogen-bond donors (Lipinski definition) is 1. The molecule has 0 unspecified atom stereocenters. The number of ether oxygens (including phenoxy) is 1. The molecular weight excluding hydrogens is 350 g/mol. The molecule has 1 N–H and O–H groups in total. The van der Waals surface area contributed by atoms with Crippen molar-refractivity contribution in [3.63, 3.8) is 0 Å². The van der Waals surface area contributed by atoms with Gasteiger partial charge in [-0.2, -0.15) is 0 Å². The van der Waals surface area contributed by atoms with Crippen molar-refractivity contribution in [2.24, 2.45) is 0 Å². The predicted molar refractivity (Wildman–Crippen MR) is 97.8 cm³/mol. The lowest BCUT2D eigenvalue weighted by atomic mass is 10.3. The van der Waals surface area contributed by atoms with Crippen LogP contribution in [-0.4, -0.2) is 34.7 Å². The van der Waals surface area contributed by atoms with E-state index in [0.29, 0.717) is 11.4 Å². The minimum atomic E-state index is -0.0883. The predicted octanol–water partition coefficient (Wildman–Crippen LogP) is 3.95. The van der Waals surface area contributed by atoms with Crippen molar-refractivity contribution in [2.75, 3.05) is 23.9 Å². The second-order valence-electron chi connectivity index (χ2n) is 4.65. The summed E-state index contributed by atoms with van der Waals surface area (Å²) < 4.78 is 6.81. The van der Waals surface area contributed by atoms with Crippen molar-refractivity contribution < 1.29 is 9.53 Å². The molecular formula is C15H17N3O2S3. The van der Waals surface area contributed by atoms with Crippen LogP contribution < -0.4 is 10.1 Å². The number of thioether (sulfide) groups is 2. The van der Waals surface area contributed by atoms with Gasteiger partial charge in [0.15, 0.2) is 8.68 Å². The van der Waals surface area contributed by atoms with Crippen molar-refractivity contribution in [3.05, 3.63) is 36.4 Å². The summed E-state index contributed by atoms with van der Waals surface area (Å²) in [6, 6.07) is 7.26. The average molecular weight is 368 g/mol. The minimum absolute atomic E-state index is 0.0883. The van der Waals surface area contributed by atoms with Gasteiger partial charge in [-0.1, -0.05) is 53.1 Å². The number of benzene rings is 1. The maximum atomic E-state index is 12.0. The van der Waals surface area contributed by atoms with Crippen molar-refractivity contribution in [2.45, 2.75) is 15.6 Å². The van der Waals surface area contributed by atoms with Gasteiger partial charge in [-0.15, -0.1) is 10.2 Å². The third-order valence-electron chi connectivity index (χ3n) is 2.51. The van der Waals surface area contributed by atoms with Crippen LogP contribution in [0.25, 0.3) is 0 Å². The third-order valence-corrected chi connectivity index (χ3v) is 5.93. The molecule has 2 rings (SSSR count). The van der Waals surface area contributed by atoms with Crippen LogP contribution >= 0.6 is 34.9 Å². The van der Waals surface area contributed by atoms with Crippen LogP contribution in [0.4, 0.5) is 5.69 Å². The van der Waals surface area contributed by atoms with Gasteiger partial charge in [0.1, 0.15) is 5.75 Å². The van der Waals surface area contributed by atoms with E-state index < -0.39 is 0 Å². The Bertz CT molecular complexity index is 688. The smallest absolute Gasteiger partial charge is 0.234 e. The van der Waals surface area contributed by atoms with Crippen LogP contribution in [0.3, 0.4) is 0 Å². The van der Waals surface area contributed by atoms with E-state index in [-0.39, 0.29) is 11.7 Å². The number of hydrogen-bond acceptors (Lipinski definition) is 7. The van der Waals surface area contributed by atoms with Crippen molar-refractivity contribution >= 4 is 46.5 Å². The first-order chi connectivity index (χ1) is 11.1. The Balaban J connectivity index is 1.81. The molecule has 0 aliphatic carbocycles. The highest BCUT2D eigenvalue weighted by molar-refractivity contribution is 8.03. The maximum Gasteiger partial charge on any atom is 0.234 e. The lowest BCUT2D eigenvalue weighted by molar-refractivity contribution is -0.113. The van der Waals surface area contributed by atoms with Crippen molar-refractivity contribution in [1.29, 1.82) is 0 Å². The minimum Gasteiger partial charge on any atom is -0.497 e. The topological polar surface area (TPSA) is 64.1 Å². The van der Waals surface area contributed by atoms with Gasteiger partial charge >= 0.3 is 0 Å². The summed E-state index contributed by atoms with van der Waals surface area (Å²) in [6.45, 7) is 5.84. The zero-order valence-electron chi connectivity index (χ0n) is 12.9. The summed E-state index contributed by atoms with van der Waals surface area (Å²) in [6.07, 6.45) is 0. The van der Waals surface area contributed by atoms with Crippen LogP contribution in [0.5, 0.6) is 5.75 Å². The summed E-state index contributed by atoms with van der Waals surface area (Å²) in [5, 5.41) is 11.0. The Hall–Kier alpha value is -1.51. The fourth-order valence-corrected chi connectivity index (χ4v) is 4.19. The van der Waals surface area contributed by atoms with E-state index in [1.807, 2.05) is 25.1 Å². The van der Waals surface area contributed by atoms with E-state index in [2.05, 4.69) is 22.1 Å². The molecule has 23 heavy (non-hydrogen) atoms. The van der Waals surface area contributed by atoms with Gasteiger partial charge in [0.2, 0.25) is 5.91 Å². The van der Waals surface area contributed by atoms with E-state index in [1.54, 1.807) is 24.9 Å². The van der Waals surface area contributed by atoms with Gasteiger partial charge in [-0.25, -0.2) is 0 Å². The van der Waals surface area contributed by atoms with Crippen LogP contribution in [-0.2, 0) is 4.79 Å². The Morgan fingerprint density at radius 1 is 1.30 bits per heavy atom. The quantitative estimate of drug-likeness (QED) is 0.563. The lowest BCUT2D eigenvalue weighted by Gasteiger charge is -2.06. The lowest BCUT2D eigenvalue weighted by Crippen LogP contribution is -2.13. The fourth-order valence-electron chi connectivity index (χ4n) is 1.52. The first-order valence-electron chi connectivity index (χ1n) is 6.74. The van der Waals surface area contributed by atoms with Gasteiger partial charge in [-0.3, -0.25) is 4.79 Å². The summed E-state index contributed by atoms with van der Waals surface area (Å²) in [7, 11) is 1.59. The molecule has 0 radical (unpaired) electrons. The second kappa shape index (κ2) is 8.95. The number of methoxy groups -OCH3 is 1. The summed E-state index contributed by atoms with van der Waals surface area (Å²) in [4.78, 5) is 12.0. The molecule has 0 aliphatic rings. The Kier molecular flexibility index (Phi) is 6.94. The number of amides is 1. The number of rotatable bonds is 8. The van der Waals surface area contributed by atoms with Crippen LogP contribution in [0, 0.1) is 0 Å². The summed E-state index contributed by atoms with van der Waals surface area (Å²) in [5.74, 6) is 1.74. The normalized spacial score (nSPS) is 10.3. The van der Waals surface area contributed by atoms with Gasteiger partial charge < -0.3 is 10.1 Å². The standard InChI is InChI=1S/C15H17N3O2S3/c1-10(2)8-21-14-17-18-15(23-14)22-9-13(19)16-11-5-4-6-12(7-11)20-3/h4-7H,1,8-9H2,2-3H3,(H,16,19). The molecule has 0 atom stereocenters. The molecule has 122 valence electrons. The molecule has 0 fully saturated rings.